The molecule has 3 N–H and O–H groups in total. The maximum atomic E-state index is 12.4. The number of benzene rings is 2. The van der Waals surface area contributed by atoms with E-state index in [1.54, 1.807) is 43.3 Å². The predicted octanol–water partition coefficient (Wildman–Crippen LogP) is 3.81. The third-order valence-electron chi connectivity index (χ3n) is 4.75. The fraction of sp³-hybridized carbons (Fsp3) is 0.0870. The molecule has 0 atom stereocenters. The summed E-state index contributed by atoms with van der Waals surface area (Å²) < 4.78 is 5.59. The highest BCUT2D eigenvalue weighted by Crippen LogP contribution is 2.24. The quantitative estimate of drug-likeness (QED) is 0.417. The molecule has 0 radical (unpaired) electrons. The summed E-state index contributed by atoms with van der Waals surface area (Å²) in [6, 6.07) is 17.7. The number of hydrazine groups is 1. The van der Waals surface area contributed by atoms with Gasteiger partial charge in [-0.3, -0.25) is 25.2 Å². The van der Waals surface area contributed by atoms with E-state index in [2.05, 4.69) is 16.2 Å². The summed E-state index contributed by atoms with van der Waals surface area (Å²) in [5.41, 5.74) is 7.31. The van der Waals surface area contributed by atoms with Gasteiger partial charge < -0.3 is 9.73 Å². The normalized spacial score (nSPS) is 10.6. The lowest BCUT2D eigenvalue weighted by Gasteiger charge is -2.08. The van der Waals surface area contributed by atoms with Crippen LogP contribution in [0.1, 0.15) is 41.7 Å². The monoisotopic (exact) mass is 433 g/mol. The first-order valence-corrected chi connectivity index (χ1v) is 10.4. The van der Waals surface area contributed by atoms with E-state index in [1.165, 1.54) is 11.3 Å². The molecule has 0 aliphatic carbocycles. The Hall–Kier alpha value is -3.91. The molecule has 2 aromatic carbocycles. The summed E-state index contributed by atoms with van der Waals surface area (Å²) in [4.78, 5) is 37.4. The van der Waals surface area contributed by atoms with Gasteiger partial charge in [0.05, 0.1) is 4.88 Å². The number of amides is 3. The molecular weight excluding hydrogens is 414 g/mol. The summed E-state index contributed by atoms with van der Waals surface area (Å²) in [6.07, 6.45) is 0. The Balaban J connectivity index is 1.32. The summed E-state index contributed by atoms with van der Waals surface area (Å²) in [6.45, 7) is 2.14. The molecule has 156 valence electrons. The van der Waals surface area contributed by atoms with Gasteiger partial charge >= 0.3 is 5.91 Å². The fourth-order valence-electron chi connectivity index (χ4n) is 3.08. The van der Waals surface area contributed by atoms with Crippen molar-refractivity contribution >= 4 is 40.0 Å². The number of fused-ring (bicyclic) bond motifs is 1. The predicted molar refractivity (Wildman–Crippen MR) is 118 cm³/mol. The number of hydrogen-bond acceptors (Lipinski definition) is 5. The molecule has 0 aliphatic rings. The molecule has 31 heavy (non-hydrogen) atoms. The minimum atomic E-state index is -0.532. The average Bonchev–Trinajstić information content (AvgIpc) is 3.45. The highest BCUT2D eigenvalue weighted by atomic mass is 32.1. The maximum Gasteiger partial charge on any atom is 0.305 e. The zero-order valence-electron chi connectivity index (χ0n) is 16.6. The van der Waals surface area contributed by atoms with Crippen LogP contribution in [0, 0.1) is 6.92 Å². The van der Waals surface area contributed by atoms with Crippen molar-refractivity contribution in [2.24, 2.45) is 0 Å². The Morgan fingerprint density at radius 3 is 2.32 bits per heavy atom. The number of thiophene rings is 1. The van der Waals surface area contributed by atoms with E-state index in [-0.39, 0.29) is 11.7 Å². The van der Waals surface area contributed by atoms with Crippen LogP contribution in [-0.4, -0.2) is 17.7 Å². The van der Waals surface area contributed by atoms with E-state index in [4.69, 9.17) is 4.42 Å². The lowest BCUT2D eigenvalue weighted by Crippen LogP contribution is -2.41. The van der Waals surface area contributed by atoms with Crippen LogP contribution in [0.3, 0.4) is 0 Å². The van der Waals surface area contributed by atoms with Crippen LogP contribution in [0.5, 0.6) is 0 Å². The molecule has 0 spiro atoms. The molecule has 0 saturated carbocycles. The van der Waals surface area contributed by atoms with Gasteiger partial charge in [-0.15, -0.1) is 11.3 Å². The SMILES string of the molecule is Cc1c(C(=O)NNC(=O)c2ccc(CNC(=O)c3cccs3)cc2)oc2ccccc12. The number of nitrogens with one attached hydrogen (secondary N) is 3. The van der Waals surface area contributed by atoms with Gasteiger partial charge in [-0.1, -0.05) is 36.4 Å². The van der Waals surface area contributed by atoms with Crippen molar-refractivity contribution in [3.05, 3.63) is 93.4 Å². The Morgan fingerprint density at radius 1 is 0.871 bits per heavy atom. The topological polar surface area (TPSA) is 100 Å². The van der Waals surface area contributed by atoms with Crippen LogP contribution < -0.4 is 16.2 Å². The Bertz CT molecular complexity index is 1240. The molecule has 4 rings (SSSR count). The second-order valence-corrected chi connectivity index (χ2v) is 7.77. The second kappa shape index (κ2) is 8.85. The molecule has 2 aromatic heterocycles. The molecule has 3 amide bonds. The third kappa shape index (κ3) is 4.49. The first-order valence-electron chi connectivity index (χ1n) is 9.52. The van der Waals surface area contributed by atoms with Crippen molar-refractivity contribution in [1.29, 1.82) is 0 Å². The Morgan fingerprint density at radius 2 is 1.61 bits per heavy atom. The number of furan rings is 1. The van der Waals surface area contributed by atoms with Crippen LogP contribution in [-0.2, 0) is 6.54 Å². The van der Waals surface area contributed by atoms with Crippen molar-refractivity contribution in [3.8, 4) is 0 Å². The Kier molecular flexibility index (Phi) is 5.81. The van der Waals surface area contributed by atoms with E-state index >= 15 is 0 Å². The van der Waals surface area contributed by atoms with Crippen molar-refractivity contribution in [2.45, 2.75) is 13.5 Å². The van der Waals surface area contributed by atoms with Gasteiger partial charge in [-0.05, 0) is 42.1 Å². The summed E-state index contributed by atoms with van der Waals surface area (Å²) in [7, 11) is 0. The molecule has 8 heteroatoms. The van der Waals surface area contributed by atoms with Crippen molar-refractivity contribution in [3.63, 3.8) is 0 Å². The number of carbonyl (C=O) groups excluding carboxylic acids is 3. The molecule has 0 saturated heterocycles. The van der Waals surface area contributed by atoms with Gasteiger partial charge in [-0.2, -0.15) is 0 Å². The van der Waals surface area contributed by atoms with Gasteiger partial charge in [-0.25, -0.2) is 0 Å². The van der Waals surface area contributed by atoms with Gasteiger partial charge in [0.25, 0.3) is 11.8 Å². The van der Waals surface area contributed by atoms with Gasteiger partial charge in [0.1, 0.15) is 5.58 Å². The zero-order valence-corrected chi connectivity index (χ0v) is 17.4. The number of carbonyl (C=O) groups is 3. The lowest BCUT2D eigenvalue weighted by molar-refractivity contribution is 0.0831. The molecule has 4 aromatic rings. The molecule has 7 nitrogen and oxygen atoms in total. The van der Waals surface area contributed by atoms with Gasteiger partial charge in [0.15, 0.2) is 5.76 Å². The molecule has 0 fully saturated rings. The molecule has 0 unspecified atom stereocenters. The Labute approximate surface area is 182 Å². The van der Waals surface area contributed by atoms with Crippen molar-refractivity contribution in [2.75, 3.05) is 0 Å². The third-order valence-corrected chi connectivity index (χ3v) is 5.62. The van der Waals surface area contributed by atoms with Crippen LogP contribution in [0.4, 0.5) is 0 Å². The first-order chi connectivity index (χ1) is 15.0. The second-order valence-electron chi connectivity index (χ2n) is 6.82. The molecular formula is C23H19N3O4S. The first kappa shape index (κ1) is 20.4. The van der Waals surface area contributed by atoms with Crippen molar-refractivity contribution < 1.29 is 18.8 Å². The number of aryl methyl sites for hydroxylation is 1. The van der Waals surface area contributed by atoms with E-state index in [1.807, 2.05) is 29.6 Å². The van der Waals surface area contributed by atoms with Crippen LogP contribution >= 0.6 is 11.3 Å². The zero-order chi connectivity index (χ0) is 21.8. The summed E-state index contributed by atoms with van der Waals surface area (Å²) >= 11 is 1.37. The smallest absolute Gasteiger partial charge is 0.305 e. The van der Waals surface area contributed by atoms with Gasteiger partial charge in [0.2, 0.25) is 0 Å². The minimum absolute atomic E-state index is 0.139. The number of rotatable bonds is 5. The standard InChI is InChI=1S/C23H19N3O4S/c1-14-17-5-2-3-6-18(17)30-20(14)23(29)26-25-21(27)16-10-8-15(9-11-16)13-24-22(28)19-7-4-12-31-19/h2-12H,13H2,1H3,(H,24,28)(H,25,27)(H,26,29). The molecule has 2 heterocycles. The minimum Gasteiger partial charge on any atom is -0.451 e. The van der Waals surface area contributed by atoms with Crippen LogP contribution in [0.15, 0.2) is 70.5 Å². The van der Waals surface area contributed by atoms with Crippen molar-refractivity contribution in [1.82, 2.24) is 16.2 Å². The number of hydrogen-bond donors (Lipinski definition) is 3. The van der Waals surface area contributed by atoms with Crippen LogP contribution in [0.2, 0.25) is 0 Å². The van der Waals surface area contributed by atoms with Crippen LogP contribution in [0.25, 0.3) is 11.0 Å². The maximum absolute atomic E-state index is 12.4. The number of para-hydroxylation sites is 1. The van der Waals surface area contributed by atoms with E-state index < -0.39 is 11.8 Å². The summed E-state index contributed by atoms with van der Waals surface area (Å²) in [5.74, 6) is -0.981. The van der Waals surface area contributed by atoms with E-state index in [0.717, 1.165) is 10.9 Å². The highest BCUT2D eigenvalue weighted by molar-refractivity contribution is 7.12. The largest absolute Gasteiger partial charge is 0.451 e. The van der Waals surface area contributed by atoms with E-state index in [0.29, 0.717) is 28.1 Å². The molecule has 0 bridgehead atoms. The van der Waals surface area contributed by atoms with Gasteiger partial charge in [0, 0.05) is 23.1 Å². The fourth-order valence-corrected chi connectivity index (χ4v) is 3.72. The molecule has 0 aliphatic heterocycles. The lowest BCUT2D eigenvalue weighted by atomic mass is 10.1. The van der Waals surface area contributed by atoms with E-state index in [9.17, 15) is 14.4 Å². The summed E-state index contributed by atoms with van der Waals surface area (Å²) in [5, 5.41) is 5.52. The average molecular weight is 433 g/mol. The highest BCUT2D eigenvalue weighted by Gasteiger charge is 2.18.